The molecule has 0 saturated heterocycles. The SMILES string of the molecule is C=CCC(C)C#Cc1ccccc1F. The van der Waals surface area contributed by atoms with Crippen molar-refractivity contribution in [1.29, 1.82) is 0 Å². The fourth-order valence-corrected chi connectivity index (χ4v) is 1.07. The highest BCUT2D eigenvalue weighted by Crippen LogP contribution is 2.05. The minimum Gasteiger partial charge on any atom is -0.206 e. The zero-order valence-electron chi connectivity index (χ0n) is 8.26. The van der Waals surface area contributed by atoms with Gasteiger partial charge >= 0.3 is 0 Å². The first-order valence-corrected chi connectivity index (χ1v) is 4.61. The molecule has 0 spiro atoms. The second kappa shape index (κ2) is 5.24. The molecule has 0 aromatic heterocycles. The third kappa shape index (κ3) is 3.06. The maximum Gasteiger partial charge on any atom is 0.138 e. The number of benzene rings is 1. The first-order valence-electron chi connectivity index (χ1n) is 4.61. The van der Waals surface area contributed by atoms with Crippen LogP contribution in [0.4, 0.5) is 4.39 Å². The quantitative estimate of drug-likeness (QED) is 0.493. The number of hydrogen-bond donors (Lipinski definition) is 0. The van der Waals surface area contributed by atoms with Gasteiger partial charge in [0.15, 0.2) is 0 Å². The summed E-state index contributed by atoms with van der Waals surface area (Å²) < 4.78 is 13.1. The summed E-state index contributed by atoms with van der Waals surface area (Å²) in [5.41, 5.74) is 0.461. The molecule has 14 heavy (non-hydrogen) atoms. The Bertz CT molecular complexity index is 368. The highest BCUT2D eigenvalue weighted by Gasteiger charge is 1.96. The van der Waals surface area contributed by atoms with E-state index in [9.17, 15) is 4.39 Å². The van der Waals surface area contributed by atoms with Crippen LogP contribution in [0.5, 0.6) is 0 Å². The van der Waals surface area contributed by atoms with E-state index < -0.39 is 0 Å². The molecule has 1 unspecified atom stereocenters. The lowest BCUT2D eigenvalue weighted by Gasteiger charge is -1.96. The molecule has 0 saturated carbocycles. The smallest absolute Gasteiger partial charge is 0.138 e. The van der Waals surface area contributed by atoms with Crippen molar-refractivity contribution in [3.63, 3.8) is 0 Å². The van der Waals surface area contributed by atoms with Crippen molar-refractivity contribution < 1.29 is 4.39 Å². The molecule has 0 aliphatic carbocycles. The van der Waals surface area contributed by atoms with E-state index in [-0.39, 0.29) is 11.7 Å². The summed E-state index contributed by atoms with van der Waals surface area (Å²) in [6, 6.07) is 6.55. The van der Waals surface area contributed by atoms with Gasteiger partial charge in [0.25, 0.3) is 0 Å². The standard InChI is InChI=1S/C13H13F/c1-3-6-11(2)9-10-12-7-4-5-8-13(12)14/h3-5,7-8,11H,1,6H2,2H3. The van der Waals surface area contributed by atoms with Crippen LogP contribution in [0.25, 0.3) is 0 Å². The van der Waals surface area contributed by atoms with E-state index in [1.54, 1.807) is 18.2 Å². The molecule has 1 rings (SSSR count). The zero-order chi connectivity index (χ0) is 10.4. The van der Waals surface area contributed by atoms with E-state index in [1.165, 1.54) is 6.07 Å². The molecule has 0 fully saturated rings. The Morgan fingerprint density at radius 3 is 2.86 bits per heavy atom. The molecule has 0 amide bonds. The van der Waals surface area contributed by atoms with Crippen molar-refractivity contribution in [2.75, 3.05) is 0 Å². The number of hydrogen-bond acceptors (Lipinski definition) is 0. The third-order valence-corrected chi connectivity index (χ3v) is 1.85. The van der Waals surface area contributed by atoms with Gasteiger partial charge in [-0.2, -0.15) is 0 Å². The summed E-state index contributed by atoms with van der Waals surface area (Å²) in [6.45, 7) is 5.63. The highest BCUT2D eigenvalue weighted by molar-refractivity contribution is 5.35. The molecule has 1 heteroatoms. The second-order valence-corrected chi connectivity index (χ2v) is 3.17. The van der Waals surface area contributed by atoms with E-state index in [4.69, 9.17) is 0 Å². The van der Waals surface area contributed by atoms with Crippen molar-refractivity contribution in [2.24, 2.45) is 5.92 Å². The fourth-order valence-electron chi connectivity index (χ4n) is 1.07. The van der Waals surface area contributed by atoms with Gasteiger partial charge in [-0.1, -0.05) is 37.0 Å². The molecule has 1 aromatic rings. The third-order valence-electron chi connectivity index (χ3n) is 1.85. The van der Waals surface area contributed by atoms with Gasteiger partial charge in [0.05, 0.1) is 5.56 Å². The van der Waals surface area contributed by atoms with Gasteiger partial charge in [0, 0.05) is 5.92 Å². The predicted molar refractivity (Wildman–Crippen MR) is 57.3 cm³/mol. The van der Waals surface area contributed by atoms with Crippen LogP contribution in [0.1, 0.15) is 18.9 Å². The van der Waals surface area contributed by atoms with E-state index in [0.717, 1.165) is 6.42 Å². The maximum absolute atomic E-state index is 13.1. The number of halogens is 1. The molecule has 0 nitrogen and oxygen atoms in total. The van der Waals surface area contributed by atoms with Gasteiger partial charge in [-0.25, -0.2) is 4.39 Å². The van der Waals surface area contributed by atoms with Crippen LogP contribution in [-0.2, 0) is 0 Å². The fraction of sp³-hybridized carbons (Fsp3) is 0.231. The van der Waals surface area contributed by atoms with Crippen molar-refractivity contribution >= 4 is 0 Å². The predicted octanol–water partition coefficient (Wildman–Crippen LogP) is 3.39. The summed E-state index contributed by atoms with van der Waals surface area (Å²) >= 11 is 0. The summed E-state index contributed by atoms with van der Waals surface area (Å²) in [4.78, 5) is 0. The first-order chi connectivity index (χ1) is 6.74. The Balaban J connectivity index is 2.77. The molecule has 0 N–H and O–H groups in total. The van der Waals surface area contributed by atoms with Crippen molar-refractivity contribution in [3.8, 4) is 11.8 Å². The highest BCUT2D eigenvalue weighted by atomic mass is 19.1. The van der Waals surface area contributed by atoms with E-state index in [2.05, 4.69) is 18.4 Å². The molecule has 72 valence electrons. The molecule has 0 aliphatic heterocycles. The molecule has 1 aromatic carbocycles. The Labute approximate surface area is 84.5 Å². The average Bonchev–Trinajstić information content (AvgIpc) is 2.17. The number of rotatable bonds is 2. The lowest BCUT2D eigenvalue weighted by Crippen LogP contribution is -1.87. The van der Waals surface area contributed by atoms with Gasteiger partial charge in [0.2, 0.25) is 0 Å². The molecule has 0 radical (unpaired) electrons. The van der Waals surface area contributed by atoms with Crippen LogP contribution < -0.4 is 0 Å². The van der Waals surface area contributed by atoms with Crippen LogP contribution in [0.3, 0.4) is 0 Å². The Hall–Kier alpha value is -1.55. The van der Waals surface area contributed by atoms with Gasteiger partial charge in [0.1, 0.15) is 5.82 Å². The average molecular weight is 188 g/mol. The Morgan fingerprint density at radius 2 is 2.21 bits per heavy atom. The van der Waals surface area contributed by atoms with Crippen molar-refractivity contribution in [1.82, 2.24) is 0 Å². The summed E-state index contributed by atoms with van der Waals surface area (Å²) in [6.07, 6.45) is 2.65. The van der Waals surface area contributed by atoms with Gasteiger partial charge in [-0.3, -0.25) is 0 Å². The van der Waals surface area contributed by atoms with E-state index >= 15 is 0 Å². The van der Waals surface area contributed by atoms with Crippen LogP contribution >= 0.6 is 0 Å². The maximum atomic E-state index is 13.1. The molecule has 0 aliphatic rings. The minimum atomic E-state index is -0.259. The monoisotopic (exact) mass is 188 g/mol. The molecule has 0 bridgehead atoms. The minimum absolute atomic E-state index is 0.229. The lowest BCUT2D eigenvalue weighted by atomic mass is 10.1. The molecule has 1 atom stereocenters. The second-order valence-electron chi connectivity index (χ2n) is 3.17. The van der Waals surface area contributed by atoms with E-state index in [0.29, 0.717) is 5.56 Å². The zero-order valence-corrected chi connectivity index (χ0v) is 8.26. The molecular weight excluding hydrogens is 175 g/mol. The Morgan fingerprint density at radius 1 is 1.50 bits per heavy atom. The van der Waals surface area contributed by atoms with E-state index in [1.807, 2.05) is 13.0 Å². The van der Waals surface area contributed by atoms with Crippen LogP contribution in [-0.4, -0.2) is 0 Å². The van der Waals surface area contributed by atoms with Crippen LogP contribution in [0.2, 0.25) is 0 Å². The summed E-state index contributed by atoms with van der Waals surface area (Å²) in [5, 5.41) is 0. The topological polar surface area (TPSA) is 0 Å². The lowest BCUT2D eigenvalue weighted by molar-refractivity contribution is 0.624. The van der Waals surface area contributed by atoms with Crippen LogP contribution in [0.15, 0.2) is 36.9 Å². The van der Waals surface area contributed by atoms with Gasteiger partial charge in [-0.15, -0.1) is 6.58 Å². The molecular formula is C13H13F. The van der Waals surface area contributed by atoms with Crippen molar-refractivity contribution in [3.05, 3.63) is 48.3 Å². The normalized spacial score (nSPS) is 11.3. The van der Waals surface area contributed by atoms with Crippen molar-refractivity contribution in [2.45, 2.75) is 13.3 Å². The summed E-state index contributed by atoms with van der Waals surface area (Å²) in [5.74, 6) is 5.77. The largest absolute Gasteiger partial charge is 0.206 e. The van der Waals surface area contributed by atoms with Crippen LogP contribution in [0, 0.1) is 23.6 Å². The Kier molecular flexibility index (Phi) is 3.94. The molecule has 0 heterocycles. The first kappa shape index (κ1) is 10.5. The van der Waals surface area contributed by atoms with Gasteiger partial charge < -0.3 is 0 Å². The summed E-state index contributed by atoms with van der Waals surface area (Å²) in [7, 11) is 0. The van der Waals surface area contributed by atoms with Gasteiger partial charge in [-0.05, 0) is 18.6 Å². The number of allylic oxidation sites excluding steroid dienone is 1.